The maximum atomic E-state index is 12.3. The predicted octanol–water partition coefficient (Wildman–Crippen LogP) is 3.11. The van der Waals surface area contributed by atoms with Gasteiger partial charge in [0.15, 0.2) is 0 Å². The zero-order chi connectivity index (χ0) is 14.6. The fraction of sp³-hybridized carbons (Fsp3) is 0.875. The highest BCUT2D eigenvalue weighted by atomic mass is 16.4. The minimum atomic E-state index is -0.770. The lowest BCUT2D eigenvalue weighted by molar-refractivity contribution is -0.141. The summed E-state index contributed by atoms with van der Waals surface area (Å²) < 4.78 is 0. The molecule has 2 saturated carbocycles. The Labute approximate surface area is 121 Å². The van der Waals surface area contributed by atoms with Gasteiger partial charge in [-0.2, -0.15) is 0 Å². The molecule has 2 atom stereocenters. The number of hydrogen-bond acceptors (Lipinski definition) is 2. The van der Waals surface area contributed by atoms with E-state index in [4.69, 9.17) is 5.11 Å². The summed E-state index contributed by atoms with van der Waals surface area (Å²) in [4.78, 5) is 23.4. The summed E-state index contributed by atoms with van der Waals surface area (Å²) in [6, 6.07) is 0.299. The summed E-state index contributed by atoms with van der Waals surface area (Å²) in [5.74, 6) is -0.151. The van der Waals surface area contributed by atoms with E-state index in [9.17, 15) is 9.59 Å². The van der Waals surface area contributed by atoms with Gasteiger partial charge >= 0.3 is 5.97 Å². The molecule has 2 N–H and O–H groups in total. The van der Waals surface area contributed by atoms with Gasteiger partial charge in [-0.3, -0.25) is 9.59 Å². The van der Waals surface area contributed by atoms with E-state index in [2.05, 4.69) is 12.2 Å². The van der Waals surface area contributed by atoms with Crippen molar-refractivity contribution in [2.75, 3.05) is 0 Å². The lowest BCUT2D eigenvalue weighted by atomic mass is 9.69. The van der Waals surface area contributed by atoms with Gasteiger partial charge in [-0.25, -0.2) is 0 Å². The molecule has 2 aliphatic carbocycles. The van der Waals surface area contributed by atoms with E-state index in [1.165, 1.54) is 19.3 Å². The van der Waals surface area contributed by atoms with E-state index in [0.29, 0.717) is 18.4 Å². The highest BCUT2D eigenvalue weighted by molar-refractivity contribution is 5.78. The molecule has 2 unspecified atom stereocenters. The Bertz CT molecular complexity index is 361. The molecule has 0 bridgehead atoms. The van der Waals surface area contributed by atoms with Crippen molar-refractivity contribution in [1.82, 2.24) is 5.32 Å². The largest absolute Gasteiger partial charge is 0.481 e. The minimum Gasteiger partial charge on any atom is -0.481 e. The first kappa shape index (κ1) is 15.3. The first-order valence-corrected chi connectivity index (χ1v) is 8.02. The second kappa shape index (κ2) is 6.59. The van der Waals surface area contributed by atoms with Crippen molar-refractivity contribution in [3.05, 3.63) is 0 Å². The van der Waals surface area contributed by atoms with Gasteiger partial charge in [0, 0.05) is 12.5 Å². The van der Waals surface area contributed by atoms with Crippen LogP contribution in [0.3, 0.4) is 0 Å². The number of carboxylic acids is 1. The Balaban J connectivity index is 1.92. The van der Waals surface area contributed by atoms with E-state index >= 15 is 0 Å². The molecule has 0 aromatic heterocycles. The maximum Gasteiger partial charge on any atom is 0.303 e. The molecule has 2 fully saturated rings. The Morgan fingerprint density at radius 3 is 2.35 bits per heavy atom. The molecule has 2 rings (SSSR count). The number of carbonyl (C=O) groups is 2. The van der Waals surface area contributed by atoms with Crippen LogP contribution < -0.4 is 5.32 Å². The minimum absolute atomic E-state index is 0.0619. The quantitative estimate of drug-likeness (QED) is 0.813. The lowest BCUT2D eigenvalue weighted by Gasteiger charge is -2.36. The van der Waals surface area contributed by atoms with E-state index in [-0.39, 0.29) is 17.7 Å². The Kier molecular flexibility index (Phi) is 5.06. The van der Waals surface area contributed by atoms with E-state index in [0.717, 1.165) is 32.1 Å². The molecule has 4 nitrogen and oxygen atoms in total. The number of aliphatic carboxylic acids is 1. The number of amides is 1. The smallest absolute Gasteiger partial charge is 0.303 e. The number of hydrogen-bond donors (Lipinski definition) is 2. The van der Waals surface area contributed by atoms with Crippen LogP contribution in [0.15, 0.2) is 0 Å². The van der Waals surface area contributed by atoms with Crippen LogP contribution in [0.5, 0.6) is 0 Å². The fourth-order valence-electron chi connectivity index (χ4n) is 4.00. The van der Waals surface area contributed by atoms with Crippen molar-refractivity contribution in [2.45, 2.75) is 77.2 Å². The second-order valence-electron chi connectivity index (χ2n) is 6.89. The van der Waals surface area contributed by atoms with E-state index in [1.54, 1.807) is 0 Å². The van der Waals surface area contributed by atoms with Gasteiger partial charge < -0.3 is 10.4 Å². The van der Waals surface area contributed by atoms with Crippen molar-refractivity contribution >= 4 is 11.9 Å². The van der Waals surface area contributed by atoms with Crippen molar-refractivity contribution in [3.63, 3.8) is 0 Å². The second-order valence-corrected chi connectivity index (χ2v) is 6.89. The molecule has 0 aromatic carbocycles. The third-order valence-corrected chi connectivity index (χ3v) is 5.18. The van der Waals surface area contributed by atoms with E-state index < -0.39 is 5.97 Å². The standard InChI is InChI=1S/C16H27NO3/c1-12-6-5-7-13(12)17-14(18)10-16(11-15(19)20)8-3-2-4-9-16/h12-13H,2-11H2,1H3,(H,17,18)(H,19,20). The molecule has 0 radical (unpaired) electrons. The molecule has 0 heterocycles. The average Bonchev–Trinajstić information content (AvgIpc) is 2.74. The summed E-state index contributed by atoms with van der Waals surface area (Å²) in [5.41, 5.74) is -0.296. The average molecular weight is 281 g/mol. The molecular formula is C16H27NO3. The molecule has 0 saturated heterocycles. The Morgan fingerprint density at radius 2 is 1.80 bits per heavy atom. The SMILES string of the molecule is CC1CCCC1NC(=O)CC1(CC(=O)O)CCCCC1. The lowest BCUT2D eigenvalue weighted by Crippen LogP contribution is -2.40. The molecule has 2 aliphatic rings. The summed E-state index contributed by atoms with van der Waals surface area (Å²) in [6.45, 7) is 2.19. The van der Waals surface area contributed by atoms with Crippen molar-refractivity contribution in [2.24, 2.45) is 11.3 Å². The molecule has 114 valence electrons. The third-order valence-electron chi connectivity index (χ3n) is 5.18. The third kappa shape index (κ3) is 3.97. The van der Waals surface area contributed by atoms with Gasteiger partial charge in [0.05, 0.1) is 6.42 Å². The van der Waals surface area contributed by atoms with Crippen LogP contribution in [0.2, 0.25) is 0 Å². The maximum absolute atomic E-state index is 12.3. The predicted molar refractivity (Wildman–Crippen MR) is 77.3 cm³/mol. The summed E-state index contributed by atoms with van der Waals surface area (Å²) in [6.07, 6.45) is 9.02. The highest BCUT2D eigenvalue weighted by Crippen LogP contribution is 2.42. The van der Waals surface area contributed by atoms with Crippen LogP contribution in [0.1, 0.15) is 71.1 Å². The number of rotatable bonds is 5. The first-order chi connectivity index (χ1) is 9.51. The van der Waals surface area contributed by atoms with E-state index in [1.807, 2.05) is 0 Å². The van der Waals surface area contributed by atoms with Crippen LogP contribution >= 0.6 is 0 Å². The van der Waals surface area contributed by atoms with Crippen molar-refractivity contribution in [3.8, 4) is 0 Å². The van der Waals surface area contributed by atoms with Gasteiger partial charge in [-0.15, -0.1) is 0 Å². The molecule has 0 aliphatic heterocycles. The van der Waals surface area contributed by atoms with Crippen LogP contribution in [0.25, 0.3) is 0 Å². The fourth-order valence-corrected chi connectivity index (χ4v) is 4.00. The molecule has 20 heavy (non-hydrogen) atoms. The summed E-state index contributed by atoms with van der Waals surface area (Å²) in [7, 11) is 0. The van der Waals surface area contributed by atoms with Gasteiger partial charge in [0.2, 0.25) is 5.91 Å². The topological polar surface area (TPSA) is 66.4 Å². The number of nitrogens with one attached hydrogen (secondary N) is 1. The normalized spacial score (nSPS) is 29.1. The Morgan fingerprint density at radius 1 is 1.10 bits per heavy atom. The zero-order valence-corrected chi connectivity index (χ0v) is 12.5. The molecule has 1 amide bonds. The first-order valence-electron chi connectivity index (χ1n) is 8.02. The molecular weight excluding hydrogens is 254 g/mol. The van der Waals surface area contributed by atoms with Crippen LogP contribution in [0.4, 0.5) is 0 Å². The molecule has 0 aromatic rings. The van der Waals surface area contributed by atoms with Crippen LogP contribution in [-0.4, -0.2) is 23.0 Å². The van der Waals surface area contributed by atoms with Crippen LogP contribution in [0, 0.1) is 11.3 Å². The number of carboxylic acid groups (broad SMARTS) is 1. The van der Waals surface area contributed by atoms with Crippen LogP contribution in [-0.2, 0) is 9.59 Å². The number of carbonyl (C=O) groups excluding carboxylic acids is 1. The summed E-state index contributed by atoms with van der Waals surface area (Å²) in [5, 5.41) is 12.3. The van der Waals surface area contributed by atoms with Crippen molar-refractivity contribution < 1.29 is 14.7 Å². The van der Waals surface area contributed by atoms with Gasteiger partial charge in [-0.1, -0.05) is 32.6 Å². The van der Waals surface area contributed by atoms with Gasteiger partial charge in [-0.05, 0) is 37.0 Å². The van der Waals surface area contributed by atoms with Crippen molar-refractivity contribution in [1.29, 1.82) is 0 Å². The molecule has 4 heteroatoms. The Hall–Kier alpha value is -1.06. The van der Waals surface area contributed by atoms with Gasteiger partial charge in [0.1, 0.15) is 0 Å². The monoisotopic (exact) mass is 281 g/mol. The van der Waals surface area contributed by atoms with Gasteiger partial charge in [0.25, 0.3) is 0 Å². The molecule has 0 spiro atoms. The summed E-state index contributed by atoms with van der Waals surface area (Å²) >= 11 is 0. The highest BCUT2D eigenvalue weighted by Gasteiger charge is 2.37. The zero-order valence-electron chi connectivity index (χ0n) is 12.5.